The summed E-state index contributed by atoms with van der Waals surface area (Å²) in [4.78, 5) is 13.1. The van der Waals surface area contributed by atoms with Gasteiger partial charge in [-0.15, -0.1) is 16.8 Å². The number of hydrogen-bond donors (Lipinski definition) is 1. The zero-order valence-electron chi connectivity index (χ0n) is 17.7. The van der Waals surface area contributed by atoms with E-state index < -0.39 is 15.1 Å². The molecule has 1 N–H and O–H groups in total. The van der Waals surface area contributed by atoms with Crippen molar-refractivity contribution in [2.24, 2.45) is 0 Å². The second-order valence-corrected chi connectivity index (χ2v) is 11.0. The van der Waals surface area contributed by atoms with Crippen LogP contribution in [0.25, 0.3) is 0 Å². The fourth-order valence-electron chi connectivity index (χ4n) is 2.95. The van der Waals surface area contributed by atoms with Crippen LogP contribution in [0.3, 0.4) is 0 Å². The van der Waals surface area contributed by atoms with Gasteiger partial charge in [-0.2, -0.15) is 0 Å². The van der Waals surface area contributed by atoms with Crippen molar-refractivity contribution in [1.82, 2.24) is 14.8 Å². The third-order valence-electron chi connectivity index (χ3n) is 4.62. The maximum absolute atomic E-state index is 12.9. The highest BCUT2D eigenvalue weighted by Crippen LogP contribution is 2.29. The number of benzene rings is 2. The number of nitrogens with one attached hydrogen (secondary N) is 1. The van der Waals surface area contributed by atoms with Crippen molar-refractivity contribution >= 4 is 56.4 Å². The number of rotatable bonds is 10. The van der Waals surface area contributed by atoms with Crippen molar-refractivity contribution in [3.05, 3.63) is 77.1 Å². The fourth-order valence-corrected chi connectivity index (χ4v) is 5.52. The Bertz CT molecular complexity index is 1250. The van der Waals surface area contributed by atoms with Gasteiger partial charge in [0.15, 0.2) is 15.0 Å². The third-order valence-corrected chi connectivity index (χ3v) is 8.34. The van der Waals surface area contributed by atoms with Gasteiger partial charge in [0.1, 0.15) is 11.6 Å². The highest BCUT2D eigenvalue weighted by Gasteiger charge is 2.25. The van der Waals surface area contributed by atoms with Crippen molar-refractivity contribution in [2.75, 3.05) is 5.32 Å². The maximum Gasteiger partial charge on any atom is 0.237 e. The summed E-state index contributed by atoms with van der Waals surface area (Å²) in [6.07, 6.45) is 2.14. The molecule has 7 nitrogen and oxygen atoms in total. The number of halogens is 2. The van der Waals surface area contributed by atoms with Crippen molar-refractivity contribution in [2.45, 2.75) is 40.9 Å². The summed E-state index contributed by atoms with van der Waals surface area (Å²) >= 11 is 13.2. The number of thioether (sulfide) groups is 1. The molecule has 3 aromatic rings. The highest BCUT2D eigenvalue weighted by molar-refractivity contribution is 8.00. The first-order valence-corrected chi connectivity index (χ1v) is 13.3. The predicted octanol–water partition coefficient (Wildman–Crippen LogP) is 5.25. The molecule has 1 aromatic heterocycles. The molecule has 2 aromatic carbocycles. The summed E-state index contributed by atoms with van der Waals surface area (Å²) < 4.78 is 27.3. The van der Waals surface area contributed by atoms with Gasteiger partial charge in [-0.1, -0.05) is 66.2 Å². The van der Waals surface area contributed by atoms with E-state index in [9.17, 15) is 13.2 Å². The zero-order valence-corrected chi connectivity index (χ0v) is 20.9. The Balaban J connectivity index is 1.80. The van der Waals surface area contributed by atoms with Crippen LogP contribution in [0.5, 0.6) is 0 Å². The second kappa shape index (κ2) is 11.2. The van der Waals surface area contributed by atoms with Gasteiger partial charge >= 0.3 is 0 Å². The Morgan fingerprint density at radius 3 is 2.55 bits per heavy atom. The van der Waals surface area contributed by atoms with E-state index in [2.05, 4.69) is 22.1 Å². The van der Waals surface area contributed by atoms with Gasteiger partial charge in [0.25, 0.3) is 0 Å². The number of amides is 1. The van der Waals surface area contributed by atoms with Crippen molar-refractivity contribution in [1.29, 1.82) is 0 Å². The van der Waals surface area contributed by atoms with Crippen LogP contribution >= 0.6 is 35.0 Å². The Hall–Kier alpha value is -2.33. The number of aromatic nitrogens is 3. The van der Waals surface area contributed by atoms with E-state index in [-0.39, 0.29) is 22.4 Å². The molecular formula is C22H22Cl2N4O3S2. The fraction of sp³-hybridized carbons (Fsp3) is 0.227. The van der Waals surface area contributed by atoms with Crippen LogP contribution in [0.15, 0.2) is 71.2 Å². The molecular weight excluding hydrogens is 503 g/mol. The summed E-state index contributed by atoms with van der Waals surface area (Å²) in [6.45, 7) is 5.92. The Morgan fingerprint density at radius 2 is 1.91 bits per heavy atom. The number of hydrogen-bond acceptors (Lipinski definition) is 6. The molecule has 0 aliphatic rings. The van der Waals surface area contributed by atoms with E-state index in [0.717, 1.165) is 0 Å². The number of sulfone groups is 1. The van der Waals surface area contributed by atoms with Crippen LogP contribution in [-0.2, 0) is 26.9 Å². The minimum atomic E-state index is -3.61. The largest absolute Gasteiger partial charge is 0.325 e. The van der Waals surface area contributed by atoms with Crippen molar-refractivity contribution in [3.63, 3.8) is 0 Å². The summed E-state index contributed by atoms with van der Waals surface area (Å²) in [5.41, 5.74) is 0.524. The van der Waals surface area contributed by atoms with Crippen LogP contribution in [0.1, 0.15) is 19.2 Å². The van der Waals surface area contributed by atoms with Crippen LogP contribution in [0, 0.1) is 0 Å². The molecule has 0 saturated carbocycles. The molecule has 11 heteroatoms. The molecule has 3 rings (SSSR count). The first-order chi connectivity index (χ1) is 15.7. The summed E-state index contributed by atoms with van der Waals surface area (Å²) in [6, 6.07) is 13.0. The zero-order chi connectivity index (χ0) is 24.0. The summed E-state index contributed by atoms with van der Waals surface area (Å²) in [5, 5.41) is 11.8. The summed E-state index contributed by atoms with van der Waals surface area (Å²) in [5.74, 6) is -0.279. The van der Waals surface area contributed by atoms with Crippen molar-refractivity contribution < 1.29 is 13.2 Å². The van der Waals surface area contributed by atoms with Crippen LogP contribution in [0.2, 0.25) is 10.0 Å². The van der Waals surface area contributed by atoms with E-state index in [1.54, 1.807) is 59.2 Å². The van der Waals surface area contributed by atoms with Crippen LogP contribution in [0.4, 0.5) is 5.69 Å². The molecule has 0 fully saturated rings. The Kier molecular flexibility index (Phi) is 8.58. The molecule has 1 amide bonds. The maximum atomic E-state index is 12.9. The number of nitrogens with zero attached hydrogens (tertiary/aromatic N) is 3. The SMILES string of the molecule is C=CCn1c(CS(=O)(=O)c2ccccc2)nnc1SC(CC)C(=O)Nc1ccc(Cl)c(Cl)c1. The minimum Gasteiger partial charge on any atom is -0.325 e. The second-order valence-electron chi connectivity index (χ2n) is 7.00. The normalized spacial score (nSPS) is 12.3. The molecule has 33 heavy (non-hydrogen) atoms. The molecule has 1 atom stereocenters. The lowest BCUT2D eigenvalue weighted by atomic mass is 10.2. The van der Waals surface area contributed by atoms with Gasteiger partial charge in [0.2, 0.25) is 5.91 Å². The predicted molar refractivity (Wildman–Crippen MR) is 133 cm³/mol. The number of allylic oxidation sites excluding steroid dienone is 1. The van der Waals surface area contributed by atoms with Gasteiger partial charge in [-0.05, 0) is 36.8 Å². The molecule has 0 radical (unpaired) electrons. The lowest BCUT2D eigenvalue weighted by molar-refractivity contribution is -0.115. The lowest BCUT2D eigenvalue weighted by Crippen LogP contribution is -2.25. The molecule has 0 aliphatic heterocycles. The molecule has 174 valence electrons. The number of anilines is 1. The van der Waals surface area contributed by atoms with Gasteiger partial charge in [0, 0.05) is 12.2 Å². The van der Waals surface area contributed by atoms with Crippen LogP contribution in [-0.4, -0.2) is 34.3 Å². The van der Waals surface area contributed by atoms with Gasteiger partial charge in [-0.25, -0.2) is 8.42 Å². The van der Waals surface area contributed by atoms with E-state index in [4.69, 9.17) is 23.2 Å². The van der Waals surface area contributed by atoms with E-state index in [0.29, 0.717) is 33.9 Å². The molecule has 0 spiro atoms. The first kappa shape index (κ1) is 25.3. The molecule has 0 aliphatic carbocycles. The minimum absolute atomic E-state index is 0.208. The Morgan fingerprint density at radius 1 is 1.18 bits per heavy atom. The quantitative estimate of drug-likeness (QED) is 0.287. The monoisotopic (exact) mass is 524 g/mol. The molecule has 1 unspecified atom stereocenters. The average Bonchev–Trinajstić information content (AvgIpc) is 3.15. The van der Waals surface area contributed by atoms with E-state index >= 15 is 0 Å². The van der Waals surface area contributed by atoms with Crippen LogP contribution < -0.4 is 5.32 Å². The van der Waals surface area contributed by atoms with Gasteiger partial charge in [-0.3, -0.25) is 4.79 Å². The molecule has 0 saturated heterocycles. The first-order valence-electron chi connectivity index (χ1n) is 9.98. The molecule has 0 bridgehead atoms. The summed E-state index contributed by atoms with van der Waals surface area (Å²) in [7, 11) is -3.61. The number of carbonyl (C=O) groups excluding carboxylic acids is 1. The van der Waals surface area contributed by atoms with Gasteiger partial charge in [0.05, 0.1) is 20.2 Å². The topological polar surface area (TPSA) is 93.9 Å². The van der Waals surface area contributed by atoms with E-state index in [1.165, 1.54) is 11.8 Å². The third kappa shape index (κ3) is 6.38. The smallest absolute Gasteiger partial charge is 0.237 e. The lowest BCUT2D eigenvalue weighted by Gasteiger charge is -2.15. The average molecular weight is 525 g/mol. The Labute approximate surface area is 207 Å². The number of carbonyl (C=O) groups is 1. The van der Waals surface area contributed by atoms with Gasteiger partial charge < -0.3 is 9.88 Å². The highest BCUT2D eigenvalue weighted by atomic mass is 35.5. The van der Waals surface area contributed by atoms with Crippen molar-refractivity contribution in [3.8, 4) is 0 Å². The standard InChI is InChI=1S/C22H22Cl2N4O3S2/c1-3-12-28-20(14-33(30,31)16-8-6-5-7-9-16)26-27-22(28)32-19(4-2)21(29)25-15-10-11-17(23)18(24)13-15/h3,5-11,13,19H,1,4,12,14H2,2H3,(H,25,29). The van der Waals surface area contributed by atoms with E-state index in [1.807, 2.05) is 6.92 Å². The molecule has 1 heterocycles.